The van der Waals surface area contributed by atoms with Gasteiger partial charge in [-0.15, -0.1) is 0 Å². The number of halogens is 1. The Hall–Kier alpha value is -1.22. The number of hydrogen-bond donors (Lipinski definition) is 2. The van der Waals surface area contributed by atoms with E-state index in [0.717, 1.165) is 16.5 Å². The number of anilines is 1. The number of fused-ring (bicyclic) bond motifs is 1. The molecular formula is C8H8ClN3. The molecular weight excluding hydrogens is 174 g/mol. The molecule has 0 unspecified atom stereocenters. The minimum atomic E-state index is 0.457. The topological polar surface area (TPSA) is 54.7 Å². The van der Waals surface area contributed by atoms with E-state index in [0.29, 0.717) is 10.8 Å². The summed E-state index contributed by atoms with van der Waals surface area (Å²) in [4.78, 5) is 0. The first kappa shape index (κ1) is 7.43. The lowest BCUT2D eigenvalue weighted by molar-refractivity contribution is 1.12. The number of aromatic nitrogens is 2. The number of nitrogens with one attached hydrogen (secondary N) is 1. The fourth-order valence-electron chi connectivity index (χ4n) is 1.25. The number of benzene rings is 1. The number of hydrogen-bond acceptors (Lipinski definition) is 2. The van der Waals surface area contributed by atoms with Gasteiger partial charge >= 0.3 is 0 Å². The van der Waals surface area contributed by atoms with Crippen LogP contribution in [0.5, 0.6) is 0 Å². The van der Waals surface area contributed by atoms with Crippen LogP contribution >= 0.6 is 11.6 Å². The van der Waals surface area contributed by atoms with Crippen LogP contribution in [0.2, 0.25) is 5.02 Å². The van der Waals surface area contributed by atoms with Crippen LogP contribution in [0.4, 0.5) is 5.82 Å². The largest absolute Gasteiger partial charge is 0.382 e. The second-order valence-electron chi connectivity index (χ2n) is 2.72. The summed E-state index contributed by atoms with van der Waals surface area (Å²) in [5.74, 6) is 0.457. The van der Waals surface area contributed by atoms with Gasteiger partial charge in [-0.1, -0.05) is 17.7 Å². The predicted octanol–water partition coefficient (Wildman–Crippen LogP) is 2.11. The van der Waals surface area contributed by atoms with Gasteiger partial charge in [-0.05, 0) is 18.6 Å². The van der Waals surface area contributed by atoms with Crippen molar-refractivity contribution in [1.82, 2.24) is 10.2 Å². The molecule has 0 aliphatic carbocycles. The average molecular weight is 182 g/mol. The fraction of sp³-hybridized carbons (Fsp3) is 0.125. The van der Waals surface area contributed by atoms with E-state index in [-0.39, 0.29) is 0 Å². The van der Waals surface area contributed by atoms with Crippen molar-refractivity contribution < 1.29 is 0 Å². The van der Waals surface area contributed by atoms with Crippen LogP contribution in [0.25, 0.3) is 10.9 Å². The number of nitrogens with zero attached hydrogens (tertiary/aromatic N) is 1. The molecule has 1 heterocycles. The predicted molar refractivity (Wildman–Crippen MR) is 50.3 cm³/mol. The van der Waals surface area contributed by atoms with Crippen LogP contribution in [0.15, 0.2) is 12.1 Å². The van der Waals surface area contributed by atoms with Gasteiger partial charge in [0.2, 0.25) is 0 Å². The molecule has 0 atom stereocenters. The molecule has 3 N–H and O–H groups in total. The number of H-pyrrole nitrogens is 1. The maximum Gasteiger partial charge on any atom is 0.154 e. The monoisotopic (exact) mass is 181 g/mol. The van der Waals surface area contributed by atoms with Gasteiger partial charge in [-0.3, -0.25) is 5.10 Å². The molecule has 1 aromatic heterocycles. The maximum absolute atomic E-state index is 5.94. The second-order valence-corrected chi connectivity index (χ2v) is 3.13. The minimum absolute atomic E-state index is 0.457. The normalized spacial score (nSPS) is 10.8. The van der Waals surface area contributed by atoms with E-state index >= 15 is 0 Å². The highest BCUT2D eigenvalue weighted by atomic mass is 35.5. The van der Waals surface area contributed by atoms with E-state index in [1.165, 1.54) is 0 Å². The van der Waals surface area contributed by atoms with Gasteiger partial charge in [0.05, 0.1) is 15.9 Å². The third kappa shape index (κ3) is 0.865. The van der Waals surface area contributed by atoms with Crippen molar-refractivity contribution in [3.63, 3.8) is 0 Å². The number of nitrogen functional groups attached to an aromatic ring is 1. The molecule has 2 aromatic rings. The van der Waals surface area contributed by atoms with Gasteiger partial charge in [0, 0.05) is 0 Å². The molecule has 0 amide bonds. The van der Waals surface area contributed by atoms with E-state index in [4.69, 9.17) is 17.3 Å². The Morgan fingerprint density at radius 1 is 1.50 bits per heavy atom. The van der Waals surface area contributed by atoms with Crippen LogP contribution in [0.3, 0.4) is 0 Å². The summed E-state index contributed by atoms with van der Waals surface area (Å²) in [5.41, 5.74) is 7.63. The lowest BCUT2D eigenvalue weighted by atomic mass is 10.1. The Bertz CT molecular complexity index is 433. The SMILES string of the molecule is Cc1ccc(Cl)c2c(N)n[nH]c12. The lowest BCUT2D eigenvalue weighted by Gasteiger charge is -1.96. The fourth-order valence-corrected chi connectivity index (χ4v) is 1.50. The van der Waals surface area contributed by atoms with Crippen molar-refractivity contribution in [2.24, 2.45) is 0 Å². The number of aryl methyl sites for hydroxylation is 1. The highest BCUT2D eigenvalue weighted by Gasteiger charge is 2.07. The molecule has 0 bridgehead atoms. The summed E-state index contributed by atoms with van der Waals surface area (Å²) in [6.45, 7) is 1.98. The van der Waals surface area contributed by atoms with Gasteiger partial charge in [0.25, 0.3) is 0 Å². The minimum Gasteiger partial charge on any atom is -0.382 e. The highest BCUT2D eigenvalue weighted by molar-refractivity contribution is 6.36. The van der Waals surface area contributed by atoms with Crippen LogP contribution in [0, 0.1) is 6.92 Å². The van der Waals surface area contributed by atoms with Crippen molar-refractivity contribution in [3.8, 4) is 0 Å². The zero-order valence-electron chi connectivity index (χ0n) is 6.56. The van der Waals surface area contributed by atoms with E-state index in [1.54, 1.807) is 0 Å². The maximum atomic E-state index is 5.94. The van der Waals surface area contributed by atoms with Crippen molar-refractivity contribution >= 4 is 28.3 Å². The molecule has 0 saturated carbocycles. The van der Waals surface area contributed by atoms with E-state index in [2.05, 4.69) is 10.2 Å². The molecule has 0 spiro atoms. The Morgan fingerprint density at radius 2 is 2.25 bits per heavy atom. The number of nitrogens with two attached hydrogens (primary N) is 1. The average Bonchev–Trinajstić information content (AvgIpc) is 2.42. The molecule has 0 aliphatic heterocycles. The summed E-state index contributed by atoms with van der Waals surface area (Å²) >= 11 is 5.94. The Labute approximate surface area is 74.5 Å². The van der Waals surface area contributed by atoms with Crippen LogP contribution in [-0.4, -0.2) is 10.2 Å². The Morgan fingerprint density at radius 3 is 2.92 bits per heavy atom. The Kier molecular flexibility index (Phi) is 1.48. The molecule has 0 radical (unpaired) electrons. The summed E-state index contributed by atoms with van der Waals surface area (Å²) < 4.78 is 0. The van der Waals surface area contributed by atoms with Gasteiger partial charge in [-0.25, -0.2) is 0 Å². The van der Waals surface area contributed by atoms with Crippen LogP contribution < -0.4 is 5.73 Å². The smallest absolute Gasteiger partial charge is 0.154 e. The summed E-state index contributed by atoms with van der Waals surface area (Å²) in [6, 6.07) is 3.76. The van der Waals surface area contributed by atoms with Crippen molar-refractivity contribution in [2.45, 2.75) is 6.92 Å². The second kappa shape index (κ2) is 2.38. The van der Waals surface area contributed by atoms with Crippen molar-refractivity contribution in [3.05, 3.63) is 22.7 Å². The molecule has 0 aliphatic rings. The van der Waals surface area contributed by atoms with E-state index in [9.17, 15) is 0 Å². The van der Waals surface area contributed by atoms with Gasteiger partial charge in [-0.2, -0.15) is 5.10 Å². The highest BCUT2D eigenvalue weighted by Crippen LogP contribution is 2.28. The van der Waals surface area contributed by atoms with Crippen molar-refractivity contribution in [2.75, 3.05) is 5.73 Å². The van der Waals surface area contributed by atoms with Gasteiger partial charge in [0.15, 0.2) is 5.82 Å². The lowest BCUT2D eigenvalue weighted by Crippen LogP contribution is -1.84. The van der Waals surface area contributed by atoms with Crippen LogP contribution in [0.1, 0.15) is 5.56 Å². The Balaban J connectivity index is 2.98. The van der Waals surface area contributed by atoms with Crippen LogP contribution in [-0.2, 0) is 0 Å². The molecule has 0 saturated heterocycles. The molecule has 62 valence electrons. The molecule has 1 aromatic carbocycles. The number of aromatic amines is 1. The zero-order valence-corrected chi connectivity index (χ0v) is 7.31. The molecule has 3 nitrogen and oxygen atoms in total. The molecule has 4 heteroatoms. The molecule has 0 fully saturated rings. The van der Waals surface area contributed by atoms with Gasteiger partial charge < -0.3 is 5.73 Å². The van der Waals surface area contributed by atoms with E-state index < -0.39 is 0 Å². The summed E-state index contributed by atoms with van der Waals surface area (Å²) in [6.07, 6.45) is 0. The summed E-state index contributed by atoms with van der Waals surface area (Å²) in [5, 5.41) is 8.18. The number of rotatable bonds is 0. The summed E-state index contributed by atoms with van der Waals surface area (Å²) in [7, 11) is 0. The van der Waals surface area contributed by atoms with E-state index in [1.807, 2.05) is 19.1 Å². The van der Waals surface area contributed by atoms with Crippen molar-refractivity contribution in [1.29, 1.82) is 0 Å². The standard InChI is InChI=1S/C8H8ClN3/c1-4-2-3-5(9)6-7(4)11-12-8(6)10/h2-3H,1H3,(H3,10,11,12). The van der Waals surface area contributed by atoms with Gasteiger partial charge in [0.1, 0.15) is 0 Å². The first-order valence-electron chi connectivity index (χ1n) is 3.59. The first-order valence-corrected chi connectivity index (χ1v) is 3.96. The molecule has 12 heavy (non-hydrogen) atoms. The third-order valence-corrected chi connectivity index (χ3v) is 2.22. The zero-order chi connectivity index (χ0) is 8.72. The quantitative estimate of drug-likeness (QED) is 0.654. The first-order chi connectivity index (χ1) is 5.70. The third-order valence-electron chi connectivity index (χ3n) is 1.91. The molecule has 2 rings (SSSR count).